The second-order valence-electron chi connectivity index (χ2n) is 2.90. The van der Waals surface area contributed by atoms with Gasteiger partial charge in [0.25, 0.3) is 0 Å². The molecule has 0 nitrogen and oxygen atoms in total. The number of alkyl halides is 3. The molecule has 0 aliphatic carbocycles. The maximum atomic E-state index is 11.8. The van der Waals surface area contributed by atoms with Gasteiger partial charge in [0.05, 0.1) is 0 Å². The molecule has 0 rings (SSSR count). The normalized spacial score (nSPS) is 11.7. The minimum absolute atomic E-state index is 0.0797. The summed E-state index contributed by atoms with van der Waals surface area (Å²) in [4.78, 5) is 0.226. The highest BCUT2D eigenvalue weighted by Crippen LogP contribution is 2.37. The first kappa shape index (κ1) is 12.9. The maximum absolute atomic E-state index is 11.8. The van der Waals surface area contributed by atoms with Crippen molar-refractivity contribution in [3.8, 4) is 0 Å². The van der Waals surface area contributed by atoms with Crippen LogP contribution in [0.2, 0.25) is 0 Å². The van der Waals surface area contributed by atoms with Gasteiger partial charge in [-0.1, -0.05) is 32.8 Å². The molecule has 0 fully saturated rings. The SMILES string of the molecule is C=C(CCCCCC)SC(F)(F)F. The highest BCUT2D eigenvalue weighted by Gasteiger charge is 2.29. The van der Waals surface area contributed by atoms with Gasteiger partial charge in [-0.05, 0) is 29.5 Å². The predicted octanol–water partition coefficient (Wildman–Crippen LogP) is 4.72. The number of hydrogen-bond acceptors (Lipinski definition) is 1. The zero-order valence-corrected chi connectivity index (χ0v) is 8.60. The average molecular weight is 212 g/mol. The van der Waals surface area contributed by atoms with E-state index in [0.717, 1.165) is 25.7 Å². The monoisotopic (exact) mass is 212 g/mol. The van der Waals surface area contributed by atoms with Crippen LogP contribution < -0.4 is 0 Å². The van der Waals surface area contributed by atoms with Crippen LogP contribution in [-0.2, 0) is 0 Å². The van der Waals surface area contributed by atoms with Gasteiger partial charge in [-0.15, -0.1) is 0 Å². The topological polar surface area (TPSA) is 0 Å². The molecule has 0 saturated heterocycles. The number of allylic oxidation sites excluding steroid dienone is 1. The Balaban J connectivity index is 3.41. The Hall–Kier alpha value is -0.120. The highest BCUT2D eigenvalue weighted by molar-refractivity contribution is 8.03. The molecule has 0 aliphatic heterocycles. The van der Waals surface area contributed by atoms with Crippen molar-refractivity contribution in [2.45, 2.75) is 44.5 Å². The van der Waals surface area contributed by atoms with E-state index in [4.69, 9.17) is 0 Å². The molecule has 0 heterocycles. The lowest BCUT2D eigenvalue weighted by Gasteiger charge is -2.07. The van der Waals surface area contributed by atoms with Gasteiger partial charge in [-0.2, -0.15) is 13.2 Å². The zero-order valence-electron chi connectivity index (χ0n) is 7.78. The smallest absolute Gasteiger partial charge is 0.160 e. The molecule has 13 heavy (non-hydrogen) atoms. The Morgan fingerprint density at radius 1 is 1.23 bits per heavy atom. The van der Waals surface area contributed by atoms with Gasteiger partial charge in [-0.25, -0.2) is 0 Å². The van der Waals surface area contributed by atoms with Crippen LogP contribution >= 0.6 is 11.8 Å². The number of hydrogen-bond donors (Lipinski definition) is 0. The lowest BCUT2D eigenvalue weighted by atomic mass is 10.1. The molecule has 0 saturated carbocycles. The summed E-state index contributed by atoms with van der Waals surface area (Å²) < 4.78 is 35.4. The lowest BCUT2D eigenvalue weighted by molar-refractivity contribution is -0.0322. The fraction of sp³-hybridized carbons (Fsp3) is 0.778. The first-order valence-electron chi connectivity index (χ1n) is 4.39. The minimum atomic E-state index is -4.16. The summed E-state index contributed by atoms with van der Waals surface area (Å²) in [5.74, 6) is 0. The molecule has 0 aliphatic rings. The molecule has 78 valence electrons. The molecule has 0 amide bonds. The second kappa shape index (κ2) is 6.35. The van der Waals surface area contributed by atoms with E-state index in [9.17, 15) is 13.2 Å². The summed E-state index contributed by atoms with van der Waals surface area (Å²) >= 11 is -0.0797. The van der Waals surface area contributed by atoms with E-state index in [1.807, 2.05) is 0 Å². The third-order valence-corrected chi connectivity index (χ3v) is 2.29. The Morgan fingerprint density at radius 3 is 2.31 bits per heavy atom. The van der Waals surface area contributed by atoms with Crippen molar-refractivity contribution in [2.75, 3.05) is 0 Å². The van der Waals surface area contributed by atoms with Crippen molar-refractivity contribution in [1.82, 2.24) is 0 Å². The number of halogens is 3. The van der Waals surface area contributed by atoms with Crippen molar-refractivity contribution in [3.05, 3.63) is 11.5 Å². The van der Waals surface area contributed by atoms with Crippen LogP contribution in [0, 0.1) is 0 Å². The van der Waals surface area contributed by atoms with E-state index in [2.05, 4.69) is 13.5 Å². The first-order chi connectivity index (χ1) is 5.95. The molecule has 0 bridgehead atoms. The molecule has 0 atom stereocenters. The molecular formula is C9H15F3S. The van der Waals surface area contributed by atoms with Gasteiger partial charge in [0.15, 0.2) is 0 Å². The molecule has 4 heteroatoms. The average Bonchev–Trinajstić information content (AvgIpc) is 1.94. The third-order valence-electron chi connectivity index (χ3n) is 1.57. The van der Waals surface area contributed by atoms with E-state index in [1.54, 1.807) is 0 Å². The fourth-order valence-electron chi connectivity index (χ4n) is 0.964. The van der Waals surface area contributed by atoms with Crippen molar-refractivity contribution >= 4 is 11.8 Å². The summed E-state index contributed by atoms with van der Waals surface area (Å²) in [6.07, 6.45) is 4.47. The highest BCUT2D eigenvalue weighted by atomic mass is 32.2. The second-order valence-corrected chi connectivity index (χ2v) is 4.14. The fourth-order valence-corrected chi connectivity index (χ4v) is 1.54. The van der Waals surface area contributed by atoms with E-state index >= 15 is 0 Å². The van der Waals surface area contributed by atoms with E-state index in [0.29, 0.717) is 6.42 Å². The quantitative estimate of drug-likeness (QED) is 0.574. The molecule has 0 radical (unpaired) electrons. The van der Waals surface area contributed by atoms with Crippen LogP contribution in [0.15, 0.2) is 11.5 Å². The summed E-state index contributed by atoms with van der Waals surface area (Å²) in [5.41, 5.74) is -4.16. The van der Waals surface area contributed by atoms with Gasteiger partial charge in [0, 0.05) is 0 Å². The molecule has 0 unspecified atom stereocenters. The van der Waals surface area contributed by atoms with Gasteiger partial charge in [-0.3, -0.25) is 0 Å². The van der Waals surface area contributed by atoms with Crippen LogP contribution in [-0.4, -0.2) is 5.51 Å². The predicted molar refractivity (Wildman–Crippen MR) is 51.5 cm³/mol. The standard InChI is InChI=1S/C9H15F3S/c1-3-4-5-6-7-8(2)13-9(10,11)12/h2-7H2,1H3. The Labute approximate surface area is 81.6 Å². The van der Waals surface area contributed by atoms with Crippen molar-refractivity contribution in [3.63, 3.8) is 0 Å². The number of thioether (sulfide) groups is 1. The number of rotatable bonds is 6. The minimum Gasteiger partial charge on any atom is -0.160 e. The molecule has 0 aromatic heterocycles. The van der Waals surface area contributed by atoms with Crippen LogP contribution in [0.5, 0.6) is 0 Å². The summed E-state index contributed by atoms with van der Waals surface area (Å²) in [5, 5.41) is 0. The van der Waals surface area contributed by atoms with E-state index in [-0.39, 0.29) is 16.7 Å². The summed E-state index contributed by atoms with van der Waals surface area (Å²) in [6, 6.07) is 0. The van der Waals surface area contributed by atoms with E-state index < -0.39 is 5.51 Å². The van der Waals surface area contributed by atoms with Crippen LogP contribution in [0.25, 0.3) is 0 Å². The molecule has 0 N–H and O–H groups in total. The Bertz CT molecular complexity index is 151. The largest absolute Gasteiger partial charge is 0.446 e. The summed E-state index contributed by atoms with van der Waals surface area (Å²) in [7, 11) is 0. The van der Waals surface area contributed by atoms with Crippen LogP contribution in [0.1, 0.15) is 39.0 Å². The van der Waals surface area contributed by atoms with Crippen molar-refractivity contribution in [1.29, 1.82) is 0 Å². The molecule has 0 aromatic rings. The van der Waals surface area contributed by atoms with Gasteiger partial charge >= 0.3 is 5.51 Å². The zero-order chi connectivity index (χ0) is 10.3. The molecule has 0 spiro atoms. The Morgan fingerprint density at radius 2 is 1.85 bits per heavy atom. The third kappa shape index (κ3) is 9.80. The van der Waals surface area contributed by atoms with E-state index in [1.165, 1.54) is 0 Å². The molecular weight excluding hydrogens is 197 g/mol. The Kier molecular flexibility index (Phi) is 6.29. The van der Waals surface area contributed by atoms with Crippen molar-refractivity contribution < 1.29 is 13.2 Å². The number of unbranched alkanes of at least 4 members (excludes halogenated alkanes) is 3. The van der Waals surface area contributed by atoms with Crippen LogP contribution in [0.4, 0.5) is 13.2 Å². The van der Waals surface area contributed by atoms with Gasteiger partial charge in [0.1, 0.15) is 0 Å². The van der Waals surface area contributed by atoms with Gasteiger partial charge < -0.3 is 0 Å². The maximum Gasteiger partial charge on any atom is 0.446 e. The van der Waals surface area contributed by atoms with Gasteiger partial charge in [0.2, 0.25) is 0 Å². The lowest BCUT2D eigenvalue weighted by Crippen LogP contribution is -1.99. The van der Waals surface area contributed by atoms with Crippen molar-refractivity contribution in [2.24, 2.45) is 0 Å². The first-order valence-corrected chi connectivity index (χ1v) is 5.21. The van der Waals surface area contributed by atoms with Crippen LogP contribution in [0.3, 0.4) is 0 Å². The molecule has 0 aromatic carbocycles. The summed E-state index contributed by atoms with van der Waals surface area (Å²) in [6.45, 7) is 5.45.